The average Bonchev–Trinajstić information content (AvgIpc) is 2.37. The number of nitrogen functional groups attached to an aromatic ring is 1. The third kappa shape index (κ3) is 2.54. The SMILES string of the molecule is COC(=O)c1c(C)nc(-c2cccc(C)c2)nc1N. The van der Waals surface area contributed by atoms with E-state index in [9.17, 15) is 4.79 Å². The number of aromatic nitrogens is 2. The maximum absolute atomic E-state index is 11.6. The maximum Gasteiger partial charge on any atom is 0.343 e. The van der Waals surface area contributed by atoms with Crippen LogP contribution in [0.4, 0.5) is 5.82 Å². The lowest BCUT2D eigenvalue weighted by atomic mass is 10.1. The van der Waals surface area contributed by atoms with Crippen LogP contribution in [-0.4, -0.2) is 23.0 Å². The average molecular weight is 257 g/mol. The minimum Gasteiger partial charge on any atom is -0.465 e. The Bertz CT molecular complexity index is 615. The summed E-state index contributed by atoms with van der Waals surface area (Å²) < 4.78 is 4.66. The molecular weight excluding hydrogens is 242 g/mol. The lowest BCUT2D eigenvalue weighted by Crippen LogP contribution is -2.12. The number of rotatable bonds is 2. The lowest BCUT2D eigenvalue weighted by Gasteiger charge is -2.09. The highest BCUT2D eigenvalue weighted by molar-refractivity contribution is 5.95. The molecule has 0 spiro atoms. The fourth-order valence-corrected chi connectivity index (χ4v) is 1.86. The minimum absolute atomic E-state index is 0.135. The number of hydrogen-bond acceptors (Lipinski definition) is 5. The molecule has 2 rings (SSSR count). The third-order valence-corrected chi connectivity index (χ3v) is 2.78. The highest BCUT2D eigenvalue weighted by Crippen LogP contribution is 2.21. The van der Waals surface area contributed by atoms with Crippen molar-refractivity contribution in [3.8, 4) is 11.4 Å². The first-order chi connectivity index (χ1) is 9.02. The molecule has 0 aliphatic rings. The van der Waals surface area contributed by atoms with Gasteiger partial charge in [0.25, 0.3) is 0 Å². The van der Waals surface area contributed by atoms with Crippen molar-refractivity contribution in [3.63, 3.8) is 0 Å². The molecule has 2 aromatic rings. The van der Waals surface area contributed by atoms with Crippen molar-refractivity contribution in [2.24, 2.45) is 0 Å². The van der Waals surface area contributed by atoms with Gasteiger partial charge < -0.3 is 10.5 Å². The molecule has 1 aromatic heterocycles. The largest absolute Gasteiger partial charge is 0.465 e. The van der Waals surface area contributed by atoms with Gasteiger partial charge in [-0.25, -0.2) is 14.8 Å². The van der Waals surface area contributed by atoms with Crippen molar-refractivity contribution < 1.29 is 9.53 Å². The summed E-state index contributed by atoms with van der Waals surface area (Å²) in [7, 11) is 1.30. The van der Waals surface area contributed by atoms with Crippen molar-refractivity contribution in [2.75, 3.05) is 12.8 Å². The normalized spacial score (nSPS) is 10.3. The second kappa shape index (κ2) is 5.06. The number of methoxy groups -OCH3 is 1. The molecule has 19 heavy (non-hydrogen) atoms. The van der Waals surface area contributed by atoms with Gasteiger partial charge in [-0.3, -0.25) is 0 Å². The Balaban J connectivity index is 2.54. The molecule has 5 nitrogen and oxygen atoms in total. The number of carbonyl (C=O) groups is 1. The third-order valence-electron chi connectivity index (χ3n) is 2.78. The zero-order valence-electron chi connectivity index (χ0n) is 11.1. The fraction of sp³-hybridized carbons (Fsp3) is 0.214. The monoisotopic (exact) mass is 257 g/mol. The molecule has 0 aliphatic carbocycles. The molecule has 1 aromatic carbocycles. The summed E-state index contributed by atoms with van der Waals surface area (Å²) in [5.41, 5.74) is 8.53. The number of aryl methyl sites for hydroxylation is 2. The Morgan fingerprint density at radius 1 is 1.26 bits per heavy atom. The van der Waals surface area contributed by atoms with Gasteiger partial charge >= 0.3 is 5.97 Å². The van der Waals surface area contributed by atoms with E-state index in [1.165, 1.54) is 7.11 Å². The Hall–Kier alpha value is -2.43. The van der Waals surface area contributed by atoms with E-state index in [4.69, 9.17) is 5.73 Å². The summed E-state index contributed by atoms with van der Waals surface area (Å²) in [5.74, 6) is 0.119. The molecule has 0 unspecified atom stereocenters. The highest BCUT2D eigenvalue weighted by atomic mass is 16.5. The number of hydrogen-bond donors (Lipinski definition) is 1. The Morgan fingerprint density at radius 2 is 2.00 bits per heavy atom. The Morgan fingerprint density at radius 3 is 2.58 bits per heavy atom. The summed E-state index contributed by atoms with van der Waals surface area (Å²) in [6, 6.07) is 7.78. The van der Waals surface area contributed by atoms with Crippen LogP contribution in [0.15, 0.2) is 24.3 Å². The number of nitrogens with two attached hydrogens (primary N) is 1. The molecule has 0 bridgehead atoms. The molecule has 0 aliphatic heterocycles. The zero-order valence-corrected chi connectivity index (χ0v) is 11.1. The Labute approximate surface area is 111 Å². The maximum atomic E-state index is 11.6. The number of benzene rings is 1. The van der Waals surface area contributed by atoms with Crippen LogP contribution in [0, 0.1) is 13.8 Å². The molecule has 0 saturated carbocycles. The fourth-order valence-electron chi connectivity index (χ4n) is 1.86. The standard InChI is InChI=1S/C14H15N3O2/c1-8-5-4-6-10(7-8)13-16-9(2)11(12(15)17-13)14(18)19-3/h4-7H,1-3H3,(H2,15,16,17). The molecule has 5 heteroatoms. The van der Waals surface area contributed by atoms with E-state index in [2.05, 4.69) is 14.7 Å². The molecule has 0 saturated heterocycles. The lowest BCUT2D eigenvalue weighted by molar-refractivity contribution is 0.0600. The van der Waals surface area contributed by atoms with Crippen LogP contribution in [0.3, 0.4) is 0 Å². The quantitative estimate of drug-likeness (QED) is 0.834. The summed E-state index contributed by atoms with van der Waals surface area (Å²) in [4.78, 5) is 20.1. The van der Waals surface area contributed by atoms with Crippen LogP contribution >= 0.6 is 0 Å². The molecule has 0 radical (unpaired) electrons. The van der Waals surface area contributed by atoms with E-state index in [-0.39, 0.29) is 11.4 Å². The van der Waals surface area contributed by atoms with Crippen LogP contribution in [0.1, 0.15) is 21.6 Å². The van der Waals surface area contributed by atoms with Crippen LogP contribution in [0.2, 0.25) is 0 Å². The van der Waals surface area contributed by atoms with E-state index in [0.29, 0.717) is 11.5 Å². The molecule has 0 fully saturated rings. The van der Waals surface area contributed by atoms with Gasteiger partial charge in [0.15, 0.2) is 5.82 Å². The molecular formula is C14H15N3O2. The van der Waals surface area contributed by atoms with Crippen molar-refractivity contribution in [1.29, 1.82) is 0 Å². The predicted octanol–water partition coefficient (Wildman–Crippen LogP) is 2.13. The molecule has 0 amide bonds. The van der Waals surface area contributed by atoms with Gasteiger partial charge in [-0.15, -0.1) is 0 Å². The van der Waals surface area contributed by atoms with Crippen LogP contribution in [0.25, 0.3) is 11.4 Å². The smallest absolute Gasteiger partial charge is 0.343 e. The van der Waals surface area contributed by atoms with Gasteiger partial charge in [-0.05, 0) is 19.9 Å². The first-order valence-electron chi connectivity index (χ1n) is 5.82. The summed E-state index contributed by atoms with van der Waals surface area (Å²) in [6.07, 6.45) is 0. The van der Waals surface area contributed by atoms with Crippen LogP contribution in [-0.2, 0) is 4.74 Å². The minimum atomic E-state index is -0.522. The highest BCUT2D eigenvalue weighted by Gasteiger charge is 2.17. The zero-order chi connectivity index (χ0) is 14.0. The number of carbonyl (C=O) groups excluding carboxylic acids is 1. The predicted molar refractivity (Wildman–Crippen MR) is 72.7 cm³/mol. The first-order valence-corrected chi connectivity index (χ1v) is 5.82. The van der Waals surface area contributed by atoms with Gasteiger partial charge in [0.05, 0.1) is 12.8 Å². The number of esters is 1. The Kier molecular flexibility index (Phi) is 3.46. The van der Waals surface area contributed by atoms with Crippen molar-refractivity contribution in [3.05, 3.63) is 41.1 Å². The van der Waals surface area contributed by atoms with Crippen LogP contribution in [0.5, 0.6) is 0 Å². The number of ether oxygens (including phenoxy) is 1. The van der Waals surface area contributed by atoms with Crippen molar-refractivity contribution in [1.82, 2.24) is 9.97 Å². The van der Waals surface area contributed by atoms with E-state index >= 15 is 0 Å². The van der Waals surface area contributed by atoms with E-state index in [1.807, 2.05) is 31.2 Å². The van der Waals surface area contributed by atoms with Gasteiger partial charge in [-0.2, -0.15) is 0 Å². The summed E-state index contributed by atoms with van der Waals surface area (Å²) in [5, 5.41) is 0. The van der Waals surface area contributed by atoms with Gasteiger partial charge in [-0.1, -0.05) is 23.8 Å². The van der Waals surface area contributed by atoms with E-state index in [0.717, 1.165) is 11.1 Å². The topological polar surface area (TPSA) is 78.1 Å². The summed E-state index contributed by atoms with van der Waals surface area (Å²) >= 11 is 0. The second-order valence-corrected chi connectivity index (χ2v) is 4.25. The molecule has 2 N–H and O–H groups in total. The summed E-state index contributed by atoms with van der Waals surface area (Å²) in [6.45, 7) is 3.70. The van der Waals surface area contributed by atoms with Crippen LogP contribution < -0.4 is 5.73 Å². The van der Waals surface area contributed by atoms with E-state index < -0.39 is 5.97 Å². The van der Waals surface area contributed by atoms with E-state index in [1.54, 1.807) is 6.92 Å². The van der Waals surface area contributed by atoms with Gasteiger partial charge in [0, 0.05) is 5.56 Å². The van der Waals surface area contributed by atoms with Gasteiger partial charge in [0.2, 0.25) is 0 Å². The number of nitrogens with zero attached hydrogens (tertiary/aromatic N) is 2. The molecule has 98 valence electrons. The number of anilines is 1. The first kappa shape index (κ1) is 13.0. The molecule has 1 heterocycles. The van der Waals surface area contributed by atoms with Gasteiger partial charge in [0.1, 0.15) is 11.4 Å². The second-order valence-electron chi connectivity index (χ2n) is 4.25. The van der Waals surface area contributed by atoms with Crippen molar-refractivity contribution >= 4 is 11.8 Å². The van der Waals surface area contributed by atoms with Crippen molar-refractivity contribution in [2.45, 2.75) is 13.8 Å². The molecule has 0 atom stereocenters.